The summed E-state index contributed by atoms with van der Waals surface area (Å²) in [7, 11) is 0. The Balaban J connectivity index is 1.49. The zero-order valence-corrected chi connectivity index (χ0v) is 16.2. The molecule has 0 unspecified atom stereocenters. The van der Waals surface area contributed by atoms with Crippen molar-refractivity contribution in [1.29, 1.82) is 0 Å². The number of anilines is 4. The van der Waals surface area contributed by atoms with E-state index in [0.717, 1.165) is 22.6 Å². The third kappa shape index (κ3) is 6.35. The van der Waals surface area contributed by atoms with Gasteiger partial charge in [-0.25, -0.2) is 4.98 Å². The molecule has 0 bridgehead atoms. The standard InChI is InChI=1S/C22H22N4O3/c1-15-3-10-20(11-4-15)29-14-22(28)26-21-12-9-19(13-23-21)25-18-7-5-17(6-8-18)24-16(2)27/h3-13,25H,14H2,1-2H3,(H,24,27)(H,23,26,28). The third-order valence-corrected chi connectivity index (χ3v) is 3.92. The van der Waals surface area contributed by atoms with Gasteiger partial charge in [0, 0.05) is 18.3 Å². The Labute approximate surface area is 169 Å². The highest BCUT2D eigenvalue weighted by Crippen LogP contribution is 2.19. The number of nitrogens with zero attached hydrogens (tertiary/aromatic N) is 1. The molecule has 3 aromatic rings. The van der Waals surface area contributed by atoms with Crippen molar-refractivity contribution in [3.8, 4) is 5.75 Å². The summed E-state index contributed by atoms with van der Waals surface area (Å²) in [6, 6.07) is 18.3. The molecule has 0 saturated carbocycles. The molecule has 29 heavy (non-hydrogen) atoms. The molecule has 0 fully saturated rings. The van der Waals surface area contributed by atoms with Crippen LogP contribution in [-0.4, -0.2) is 23.4 Å². The number of aromatic nitrogens is 1. The monoisotopic (exact) mass is 390 g/mol. The van der Waals surface area contributed by atoms with Crippen LogP contribution in [0.3, 0.4) is 0 Å². The first-order valence-electron chi connectivity index (χ1n) is 9.08. The molecule has 148 valence electrons. The number of carbonyl (C=O) groups is 2. The van der Waals surface area contributed by atoms with Crippen molar-refractivity contribution in [2.75, 3.05) is 22.6 Å². The summed E-state index contributed by atoms with van der Waals surface area (Å²) in [6.07, 6.45) is 1.62. The minimum absolute atomic E-state index is 0.0919. The Kier molecular flexibility index (Phi) is 6.42. The maximum atomic E-state index is 12.0. The van der Waals surface area contributed by atoms with Crippen molar-refractivity contribution in [3.05, 3.63) is 72.4 Å². The molecule has 2 amide bonds. The van der Waals surface area contributed by atoms with Crippen LogP contribution < -0.4 is 20.7 Å². The third-order valence-electron chi connectivity index (χ3n) is 3.92. The predicted octanol–water partition coefficient (Wildman–Crippen LogP) is 4.11. The highest BCUT2D eigenvalue weighted by atomic mass is 16.5. The van der Waals surface area contributed by atoms with Crippen molar-refractivity contribution in [1.82, 2.24) is 4.98 Å². The van der Waals surface area contributed by atoms with Crippen LogP contribution >= 0.6 is 0 Å². The van der Waals surface area contributed by atoms with Crippen LogP contribution in [-0.2, 0) is 9.59 Å². The first-order valence-corrected chi connectivity index (χ1v) is 9.08. The summed E-state index contributed by atoms with van der Waals surface area (Å²) in [4.78, 5) is 27.3. The zero-order valence-electron chi connectivity index (χ0n) is 16.2. The first kappa shape index (κ1) is 19.9. The summed E-state index contributed by atoms with van der Waals surface area (Å²) in [5.41, 5.74) is 3.48. The second-order valence-electron chi connectivity index (χ2n) is 6.47. The van der Waals surface area contributed by atoms with Gasteiger partial charge in [-0.3, -0.25) is 9.59 Å². The minimum Gasteiger partial charge on any atom is -0.484 e. The number of benzene rings is 2. The molecule has 7 nitrogen and oxygen atoms in total. The lowest BCUT2D eigenvalue weighted by Crippen LogP contribution is -2.20. The molecule has 7 heteroatoms. The van der Waals surface area contributed by atoms with Crippen LogP contribution in [0.4, 0.5) is 22.9 Å². The van der Waals surface area contributed by atoms with Crippen LogP contribution in [0.15, 0.2) is 66.9 Å². The number of carbonyl (C=O) groups excluding carboxylic acids is 2. The molecule has 0 aliphatic rings. The van der Waals surface area contributed by atoms with Gasteiger partial charge in [0.15, 0.2) is 6.61 Å². The molecular formula is C22H22N4O3. The normalized spacial score (nSPS) is 10.1. The van der Waals surface area contributed by atoms with Crippen LogP contribution in [0.2, 0.25) is 0 Å². The molecule has 3 N–H and O–H groups in total. The van der Waals surface area contributed by atoms with Gasteiger partial charge in [0.2, 0.25) is 5.91 Å². The van der Waals surface area contributed by atoms with Crippen LogP contribution in [0.25, 0.3) is 0 Å². The Hall–Kier alpha value is -3.87. The highest BCUT2D eigenvalue weighted by Gasteiger charge is 2.05. The zero-order chi connectivity index (χ0) is 20.6. The van der Waals surface area contributed by atoms with E-state index in [1.54, 1.807) is 24.4 Å². The van der Waals surface area contributed by atoms with Gasteiger partial charge in [0.25, 0.3) is 5.91 Å². The van der Waals surface area contributed by atoms with E-state index >= 15 is 0 Å². The van der Waals surface area contributed by atoms with E-state index in [1.807, 2.05) is 49.4 Å². The number of amides is 2. The summed E-state index contributed by atoms with van der Waals surface area (Å²) in [5, 5.41) is 8.62. The largest absolute Gasteiger partial charge is 0.484 e. The van der Waals surface area contributed by atoms with Gasteiger partial charge in [0.1, 0.15) is 11.6 Å². The summed E-state index contributed by atoms with van der Waals surface area (Å²) >= 11 is 0. The van der Waals surface area contributed by atoms with E-state index in [9.17, 15) is 9.59 Å². The number of nitrogens with one attached hydrogen (secondary N) is 3. The molecule has 0 atom stereocenters. The quantitative estimate of drug-likeness (QED) is 0.565. The van der Waals surface area contributed by atoms with Crippen molar-refractivity contribution in [2.45, 2.75) is 13.8 Å². The van der Waals surface area contributed by atoms with Gasteiger partial charge in [0.05, 0.1) is 11.9 Å². The number of ether oxygens (including phenoxy) is 1. The Morgan fingerprint density at radius 1 is 0.862 bits per heavy atom. The lowest BCUT2D eigenvalue weighted by molar-refractivity contribution is -0.118. The summed E-state index contributed by atoms with van der Waals surface area (Å²) in [6.45, 7) is 3.36. The van der Waals surface area contributed by atoms with Gasteiger partial charge in [-0.2, -0.15) is 0 Å². The molecule has 0 aliphatic heterocycles. The second-order valence-corrected chi connectivity index (χ2v) is 6.47. The SMILES string of the molecule is CC(=O)Nc1ccc(Nc2ccc(NC(=O)COc3ccc(C)cc3)nc2)cc1. The Morgan fingerprint density at radius 3 is 2.14 bits per heavy atom. The van der Waals surface area contributed by atoms with Gasteiger partial charge < -0.3 is 20.7 Å². The fourth-order valence-electron chi connectivity index (χ4n) is 2.51. The summed E-state index contributed by atoms with van der Waals surface area (Å²) < 4.78 is 5.45. The lowest BCUT2D eigenvalue weighted by Gasteiger charge is -2.09. The average Bonchev–Trinajstić information content (AvgIpc) is 2.70. The molecule has 0 aliphatic carbocycles. The van der Waals surface area contributed by atoms with Gasteiger partial charge in [-0.1, -0.05) is 17.7 Å². The molecular weight excluding hydrogens is 368 g/mol. The molecule has 0 spiro atoms. The molecule has 3 rings (SSSR count). The molecule has 2 aromatic carbocycles. The van der Waals surface area contributed by atoms with Crippen molar-refractivity contribution in [2.24, 2.45) is 0 Å². The number of hydrogen-bond acceptors (Lipinski definition) is 5. The van der Waals surface area contributed by atoms with Crippen LogP contribution in [0, 0.1) is 6.92 Å². The predicted molar refractivity (Wildman–Crippen MR) is 114 cm³/mol. The van der Waals surface area contributed by atoms with E-state index in [2.05, 4.69) is 20.9 Å². The molecule has 1 heterocycles. The smallest absolute Gasteiger partial charge is 0.263 e. The van der Waals surface area contributed by atoms with E-state index in [0.29, 0.717) is 11.6 Å². The van der Waals surface area contributed by atoms with Crippen LogP contribution in [0.5, 0.6) is 5.75 Å². The van der Waals surface area contributed by atoms with Crippen LogP contribution in [0.1, 0.15) is 12.5 Å². The van der Waals surface area contributed by atoms with Gasteiger partial charge in [-0.15, -0.1) is 0 Å². The van der Waals surface area contributed by atoms with Gasteiger partial charge in [-0.05, 0) is 55.5 Å². The van der Waals surface area contributed by atoms with E-state index < -0.39 is 0 Å². The van der Waals surface area contributed by atoms with E-state index in [-0.39, 0.29) is 18.4 Å². The highest BCUT2D eigenvalue weighted by molar-refractivity contribution is 5.91. The molecule has 1 aromatic heterocycles. The average molecular weight is 390 g/mol. The molecule has 0 radical (unpaired) electrons. The summed E-state index contributed by atoms with van der Waals surface area (Å²) in [5.74, 6) is 0.681. The Bertz CT molecular complexity index is 968. The topological polar surface area (TPSA) is 92.4 Å². The van der Waals surface area contributed by atoms with Crippen molar-refractivity contribution in [3.63, 3.8) is 0 Å². The maximum Gasteiger partial charge on any atom is 0.263 e. The second kappa shape index (κ2) is 9.36. The lowest BCUT2D eigenvalue weighted by atomic mass is 10.2. The fourth-order valence-corrected chi connectivity index (χ4v) is 2.51. The number of hydrogen-bond donors (Lipinski definition) is 3. The van der Waals surface area contributed by atoms with E-state index in [4.69, 9.17) is 4.74 Å². The Morgan fingerprint density at radius 2 is 1.52 bits per heavy atom. The number of pyridine rings is 1. The van der Waals surface area contributed by atoms with Gasteiger partial charge >= 0.3 is 0 Å². The van der Waals surface area contributed by atoms with Crippen molar-refractivity contribution >= 4 is 34.7 Å². The van der Waals surface area contributed by atoms with Crippen molar-refractivity contribution < 1.29 is 14.3 Å². The fraction of sp³-hybridized carbons (Fsp3) is 0.136. The minimum atomic E-state index is -0.285. The maximum absolute atomic E-state index is 12.0. The first-order chi connectivity index (χ1) is 14.0. The molecule has 0 saturated heterocycles. The number of rotatable bonds is 7. The number of aryl methyl sites for hydroxylation is 1. The van der Waals surface area contributed by atoms with E-state index in [1.165, 1.54) is 6.92 Å².